The first-order chi connectivity index (χ1) is 9.22. The van der Waals surface area contributed by atoms with Crippen LogP contribution in [0.15, 0.2) is 22.6 Å². The maximum absolute atomic E-state index is 6.06. The minimum absolute atomic E-state index is 0.303. The van der Waals surface area contributed by atoms with Crippen molar-refractivity contribution < 1.29 is 4.42 Å². The molecule has 1 fully saturated rings. The second kappa shape index (κ2) is 5.36. The van der Waals surface area contributed by atoms with E-state index in [1.54, 1.807) is 18.2 Å². The third-order valence-corrected chi connectivity index (χ3v) is 3.60. The highest BCUT2D eigenvalue weighted by Gasteiger charge is 2.21. The number of hydrogen-bond donors (Lipinski definition) is 2. The molecule has 1 aliphatic carbocycles. The molecule has 0 unspecified atom stereocenters. The molecular weight excluding hydrogens is 287 g/mol. The van der Waals surface area contributed by atoms with Crippen LogP contribution >= 0.6 is 23.2 Å². The van der Waals surface area contributed by atoms with Gasteiger partial charge in [0.1, 0.15) is 0 Å². The van der Waals surface area contributed by atoms with Gasteiger partial charge in [-0.05, 0) is 25.0 Å². The van der Waals surface area contributed by atoms with E-state index in [1.165, 1.54) is 12.8 Å². The third-order valence-electron chi connectivity index (χ3n) is 2.78. The average Bonchev–Trinajstić information content (AvgIpc) is 3.13. The molecule has 0 saturated heterocycles. The summed E-state index contributed by atoms with van der Waals surface area (Å²) in [6.07, 6.45) is 2.44. The number of aromatic nitrogens is 2. The van der Waals surface area contributed by atoms with Crippen LogP contribution < -0.4 is 10.6 Å². The number of hydrogen-bond acceptors (Lipinski definition) is 5. The molecular formula is C12H12Cl2N4O. The predicted molar refractivity (Wildman–Crippen MR) is 73.9 cm³/mol. The standard InChI is InChI=1S/C12H12Cl2N4O/c13-8-2-1-3-9(11(8)14)16-12-18-17-10(19-12)6-15-7-4-5-7/h1-3,7,15H,4-6H2,(H,16,18). The van der Waals surface area contributed by atoms with E-state index in [0.29, 0.717) is 40.2 Å². The van der Waals surface area contributed by atoms with E-state index < -0.39 is 0 Å². The van der Waals surface area contributed by atoms with Gasteiger partial charge in [0, 0.05) is 6.04 Å². The molecule has 2 aromatic rings. The fourth-order valence-electron chi connectivity index (χ4n) is 1.61. The largest absolute Gasteiger partial charge is 0.406 e. The number of nitrogens with one attached hydrogen (secondary N) is 2. The summed E-state index contributed by atoms with van der Waals surface area (Å²) in [5.74, 6) is 0.549. The van der Waals surface area contributed by atoms with E-state index >= 15 is 0 Å². The average molecular weight is 299 g/mol. The molecule has 0 radical (unpaired) electrons. The smallest absolute Gasteiger partial charge is 0.320 e. The normalized spacial score (nSPS) is 14.6. The number of nitrogens with zero attached hydrogens (tertiary/aromatic N) is 2. The molecule has 0 aliphatic heterocycles. The minimum atomic E-state index is 0.303. The zero-order valence-electron chi connectivity index (χ0n) is 9.99. The molecule has 0 amide bonds. The Hall–Kier alpha value is -1.30. The van der Waals surface area contributed by atoms with Gasteiger partial charge in [-0.1, -0.05) is 34.4 Å². The first-order valence-corrected chi connectivity index (χ1v) is 6.75. The maximum atomic E-state index is 6.06. The van der Waals surface area contributed by atoms with Crippen molar-refractivity contribution in [1.29, 1.82) is 0 Å². The van der Waals surface area contributed by atoms with Crippen molar-refractivity contribution in [1.82, 2.24) is 15.5 Å². The summed E-state index contributed by atoms with van der Waals surface area (Å²) >= 11 is 12.0. The first kappa shape index (κ1) is 12.7. The van der Waals surface area contributed by atoms with Gasteiger partial charge in [-0.2, -0.15) is 0 Å². The topological polar surface area (TPSA) is 63.0 Å². The molecule has 7 heteroatoms. The Morgan fingerprint density at radius 2 is 2.11 bits per heavy atom. The van der Waals surface area contributed by atoms with Gasteiger partial charge in [0.25, 0.3) is 0 Å². The molecule has 1 heterocycles. The van der Waals surface area contributed by atoms with E-state index in [0.717, 1.165) is 0 Å². The van der Waals surface area contributed by atoms with Gasteiger partial charge in [0.05, 0.1) is 22.3 Å². The monoisotopic (exact) mass is 298 g/mol. The molecule has 2 N–H and O–H groups in total. The highest BCUT2D eigenvalue weighted by atomic mass is 35.5. The van der Waals surface area contributed by atoms with Gasteiger partial charge < -0.3 is 15.1 Å². The van der Waals surface area contributed by atoms with Crippen molar-refractivity contribution in [2.75, 3.05) is 5.32 Å². The van der Waals surface area contributed by atoms with Crippen molar-refractivity contribution in [3.63, 3.8) is 0 Å². The lowest BCUT2D eigenvalue weighted by Crippen LogP contribution is -2.15. The molecule has 100 valence electrons. The maximum Gasteiger partial charge on any atom is 0.320 e. The molecule has 1 saturated carbocycles. The Morgan fingerprint density at radius 1 is 1.26 bits per heavy atom. The van der Waals surface area contributed by atoms with Gasteiger partial charge in [-0.3, -0.25) is 0 Å². The van der Waals surface area contributed by atoms with Crippen LogP contribution in [0.1, 0.15) is 18.7 Å². The van der Waals surface area contributed by atoms with Crippen LogP contribution in [0.2, 0.25) is 10.0 Å². The fraction of sp³-hybridized carbons (Fsp3) is 0.333. The number of halogens is 2. The van der Waals surface area contributed by atoms with Gasteiger partial charge in [-0.15, -0.1) is 5.10 Å². The summed E-state index contributed by atoms with van der Waals surface area (Å²) in [6, 6.07) is 6.21. The third kappa shape index (κ3) is 3.18. The Bertz CT molecular complexity index is 583. The lowest BCUT2D eigenvalue weighted by Gasteiger charge is -2.04. The molecule has 0 atom stereocenters. The highest BCUT2D eigenvalue weighted by molar-refractivity contribution is 6.43. The molecule has 0 spiro atoms. The van der Waals surface area contributed by atoms with Gasteiger partial charge in [0.15, 0.2) is 0 Å². The Kier molecular flexibility index (Phi) is 3.59. The van der Waals surface area contributed by atoms with Gasteiger partial charge >= 0.3 is 6.01 Å². The highest BCUT2D eigenvalue weighted by Crippen LogP contribution is 2.31. The van der Waals surface area contributed by atoms with E-state index in [-0.39, 0.29) is 0 Å². The van der Waals surface area contributed by atoms with Crippen LogP contribution in [0.5, 0.6) is 0 Å². The summed E-state index contributed by atoms with van der Waals surface area (Å²) in [6.45, 7) is 0.586. The fourth-order valence-corrected chi connectivity index (χ4v) is 1.96. The zero-order valence-corrected chi connectivity index (χ0v) is 11.5. The molecule has 3 rings (SSSR count). The SMILES string of the molecule is Clc1cccc(Nc2nnc(CNC3CC3)o2)c1Cl. The summed E-state index contributed by atoms with van der Waals surface area (Å²) in [4.78, 5) is 0. The van der Waals surface area contributed by atoms with Crippen LogP contribution in [0, 0.1) is 0 Å². The van der Waals surface area contributed by atoms with Crippen LogP contribution in [-0.4, -0.2) is 16.2 Å². The van der Waals surface area contributed by atoms with Crippen molar-refractivity contribution in [3.05, 3.63) is 34.1 Å². The lowest BCUT2D eigenvalue weighted by atomic mass is 10.3. The number of benzene rings is 1. The van der Waals surface area contributed by atoms with Crippen LogP contribution in [-0.2, 0) is 6.54 Å². The van der Waals surface area contributed by atoms with Crippen molar-refractivity contribution in [3.8, 4) is 0 Å². The summed E-state index contributed by atoms with van der Waals surface area (Å²) < 4.78 is 5.46. The summed E-state index contributed by atoms with van der Waals surface area (Å²) in [5, 5.41) is 15.0. The quantitative estimate of drug-likeness (QED) is 0.886. The Morgan fingerprint density at radius 3 is 2.89 bits per heavy atom. The Labute approximate surface area is 120 Å². The molecule has 1 aliphatic rings. The number of rotatable bonds is 5. The first-order valence-electron chi connectivity index (χ1n) is 5.99. The Balaban J connectivity index is 1.67. The second-order valence-corrected chi connectivity index (χ2v) is 5.17. The van der Waals surface area contributed by atoms with Crippen molar-refractivity contribution >= 4 is 34.9 Å². The predicted octanol–water partition coefficient (Wildman–Crippen LogP) is 3.37. The molecule has 5 nitrogen and oxygen atoms in total. The molecule has 19 heavy (non-hydrogen) atoms. The van der Waals surface area contributed by atoms with Crippen molar-refractivity contribution in [2.24, 2.45) is 0 Å². The van der Waals surface area contributed by atoms with E-state index in [1.807, 2.05) is 0 Å². The minimum Gasteiger partial charge on any atom is -0.406 e. The summed E-state index contributed by atoms with van der Waals surface area (Å²) in [5.41, 5.74) is 0.638. The van der Waals surface area contributed by atoms with Crippen molar-refractivity contribution in [2.45, 2.75) is 25.4 Å². The van der Waals surface area contributed by atoms with Crippen LogP contribution in [0.3, 0.4) is 0 Å². The van der Waals surface area contributed by atoms with Gasteiger partial charge in [0.2, 0.25) is 5.89 Å². The van der Waals surface area contributed by atoms with E-state index in [2.05, 4.69) is 20.8 Å². The van der Waals surface area contributed by atoms with Crippen LogP contribution in [0.25, 0.3) is 0 Å². The van der Waals surface area contributed by atoms with E-state index in [4.69, 9.17) is 27.6 Å². The summed E-state index contributed by atoms with van der Waals surface area (Å²) in [7, 11) is 0. The zero-order chi connectivity index (χ0) is 13.2. The lowest BCUT2D eigenvalue weighted by molar-refractivity contribution is 0.478. The number of anilines is 2. The molecule has 1 aromatic carbocycles. The van der Waals surface area contributed by atoms with E-state index in [9.17, 15) is 0 Å². The van der Waals surface area contributed by atoms with Crippen LogP contribution in [0.4, 0.5) is 11.7 Å². The molecule has 0 bridgehead atoms. The molecule has 1 aromatic heterocycles. The van der Waals surface area contributed by atoms with Gasteiger partial charge in [-0.25, -0.2) is 0 Å². The second-order valence-electron chi connectivity index (χ2n) is 4.38.